The number of carbonyl (C=O) groups excluding carboxylic acids is 1. The van der Waals surface area contributed by atoms with Crippen molar-refractivity contribution >= 4 is 5.78 Å². The summed E-state index contributed by atoms with van der Waals surface area (Å²) in [6.45, 7) is 3.81. The third kappa shape index (κ3) is 2.52. The lowest BCUT2D eigenvalue weighted by Gasteiger charge is -2.37. The van der Waals surface area contributed by atoms with Gasteiger partial charge in [0.15, 0.2) is 5.78 Å². The summed E-state index contributed by atoms with van der Waals surface area (Å²) in [4.78, 5) is 13.3. The number of nitrogens with one attached hydrogen (secondary N) is 1. The quantitative estimate of drug-likeness (QED) is 0.871. The van der Waals surface area contributed by atoms with Gasteiger partial charge >= 0.3 is 0 Å². The Balaban J connectivity index is 2.08. The number of aryl methyl sites for hydroxylation is 1. The van der Waals surface area contributed by atoms with Crippen LogP contribution in [-0.4, -0.2) is 18.9 Å². The van der Waals surface area contributed by atoms with Crippen LogP contribution in [0.25, 0.3) is 0 Å². The molecule has 2 nitrogen and oxygen atoms in total. The lowest BCUT2D eigenvalue weighted by molar-refractivity contribution is 0.0846. The van der Waals surface area contributed by atoms with Crippen LogP contribution in [-0.2, 0) is 5.41 Å². The number of Topliss-reactive ketones (excluding diaryl/α,β-unsaturated/α-hetero) is 1. The van der Waals surface area contributed by atoms with Gasteiger partial charge in [-0.3, -0.25) is 4.79 Å². The standard InChI is InChI=1S/C19H21NO/c1-15-7-5-6-10-17(15)18(21)19(11-13-20-14-12-19)16-8-3-2-4-9-16/h2-10,20H,11-14H2,1H3. The van der Waals surface area contributed by atoms with Crippen molar-refractivity contribution in [3.05, 3.63) is 71.3 Å². The summed E-state index contributed by atoms with van der Waals surface area (Å²) in [5.74, 6) is 0.272. The summed E-state index contributed by atoms with van der Waals surface area (Å²) >= 11 is 0. The van der Waals surface area contributed by atoms with E-state index in [1.54, 1.807) is 0 Å². The largest absolute Gasteiger partial charge is 0.317 e. The molecule has 0 spiro atoms. The van der Waals surface area contributed by atoms with Gasteiger partial charge in [-0.1, -0.05) is 54.6 Å². The lowest BCUT2D eigenvalue weighted by Crippen LogP contribution is -2.45. The van der Waals surface area contributed by atoms with Gasteiger partial charge in [-0.15, -0.1) is 0 Å². The highest BCUT2D eigenvalue weighted by Crippen LogP contribution is 2.37. The maximum Gasteiger partial charge on any atom is 0.173 e. The fourth-order valence-electron chi connectivity index (χ4n) is 3.34. The Labute approximate surface area is 126 Å². The average Bonchev–Trinajstić information content (AvgIpc) is 2.56. The van der Waals surface area contributed by atoms with Crippen molar-refractivity contribution in [2.75, 3.05) is 13.1 Å². The van der Waals surface area contributed by atoms with Gasteiger partial charge in [-0.05, 0) is 44.0 Å². The Kier molecular flexibility index (Phi) is 3.89. The van der Waals surface area contributed by atoms with Gasteiger partial charge in [0.2, 0.25) is 0 Å². The molecule has 1 saturated heterocycles. The van der Waals surface area contributed by atoms with E-state index in [1.807, 2.05) is 49.4 Å². The fourth-order valence-corrected chi connectivity index (χ4v) is 3.34. The first-order valence-electron chi connectivity index (χ1n) is 7.61. The molecule has 0 amide bonds. The Morgan fingerprint density at radius 1 is 0.952 bits per heavy atom. The van der Waals surface area contributed by atoms with Crippen LogP contribution in [0.2, 0.25) is 0 Å². The lowest BCUT2D eigenvalue weighted by atomic mass is 9.68. The third-order valence-electron chi connectivity index (χ3n) is 4.61. The molecule has 0 radical (unpaired) electrons. The Morgan fingerprint density at radius 2 is 1.57 bits per heavy atom. The zero-order chi connectivity index (χ0) is 14.7. The summed E-state index contributed by atoms with van der Waals surface area (Å²) in [6, 6.07) is 18.2. The number of piperidine rings is 1. The highest BCUT2D eigenvalue weighted by molar-refractivity contribution is 6.05. The van der Waals surface area contributed by atoms with Crippen molar-refractivity contribution in [1.82, 2.24) is 5.32 Å². The second-order valence-electron chi connectivity index (χ2n) is 5.84. The van der Waals surface area contributed by atoms with E-state index in [1.165, 1.54) is 0 Å². The normalized spacial score (nSPS) is 17.4. The van der Waals surface area contributed by atoms with E-state index in [0.717, 1.165) is 42.6 Å². The van der Waals surface area contributed by atoms with E-state index in [-0.39, 0.29) is 11.2 Å². The molecule has 1 heterocycles. The summed E-state index contributed by atoms with van der Waals surface area (Å²) in [6.07, 6.45) is 1.73. The molecule has 0 saturated carbocycles. The van der Waals surface area contributed by atoms with Gasteiger partial charge in [-0.25, -0.2) is 0 Å². The van der Waals surface area contributed by atoms with Crippen LogP contribution in [0.1, 0.15) is 34.3 Å². The molecule has 1 N–H and O–H groups in total. The summed E-state index contributed by atoms with van der Waals surface area (Å²) in [5.41, 5.74) is 2.71. The van der Waals surface area contributed by atoms with Crippen molar-refractivity contribution in [3.63, 3.8) is 0 Å². The van der Waals surface area contributed by atoms with Crippen LogP contribution >= 0.6 is 0 Å². The van der Waals surface area contributed by atoms with Crippen LogP contribution in [0.5, 0.6) is 0 Å². The van der Waals surface area contributed by atoms with Gasteiger partial charge in [0.1, 0.15) is 0 Å². The Hall–Kier alpha value is -1.93. The number of rotatable bonds is 3. The molecule has 2 aromatic rings. The highest BCUT2D eigenvalue weighted by Gasteiger charge is 2.41. The average molecular weight is 279 g/mol. The minimum atomic E-state index is -0.376. The molecule has 21 heavy (non-hydrogen) atoms. The second kappa shape index (κ2) is 5.82. The Morgan fingerprint density at radius 3 is 2.24 bits per heavy atom. The monoisotopic (exact) mass is 279 g/mol. The molecule has 0 unspecified atom stereocenters. The number of carbonyl (C=O) groups is 1. The maximum absolute atomic E-state index is 13.3. The molecule has 0 aliphatic carbocycles. The van der Waals surface area contributed by atoms with E-state index < -0.39 is 0 Å². The SMILES string of the molecule is Cc1ccccc1C(=O)C1(c2ccccc2)CCNCC1. The van der Waals surface area contributed by atoms with Crippen molar-refractivity contribution < 1.29 is 4.79 Å². The predicted octanol–water partition coefficient (Wildman–Crippen LogP) is 3.50. The molecule has 1 aliphatic rings. The van der Waals surface area contributed by atoms with Crippen LogP contribution in [0.3, 0.4) is 0 Å². The smallest absolute Gasteiger partial charge is 0.173 e. The van der Waals surface area contributed by atoms with Crippen molar-refractivity contribution in [2.45, 2.75) is 25.2 Å². The van der Waals surface area contributed by atoms with Crippen molar-refractivity contribution in [3.8, 4) is 0 Å². The fraction of sp³-hybridized carbons (Fsp3) is 0.316. The Bertz CT molecular complexity index is 627. The van der Waals surface area contributed by atoms with Gasteiger partial charge in [0.05, 0.1) is 5.41 Å². The van der Waals surface area contributed by atoms with E-state index in [2.05, 4.69) is 17.4 Å². The second-order valence-corrected chi connectivity index (χ2v) is 5.84. The predicted molar refractivity (Wildman–Crippen MR) is 85.7 cm³/mol. The van der Waals surface area contributed by atoms with Gasteiger partial charge in [0, 0.05) is 5.56 Å². The summed E-state index contributed by atoms with van der Waals surface area (Å²) < 4.78 is 0. The van der Waals surface area contributed by atoms with Crippen LogP contribution in [0.15, 0.2) is 54.6 Å². The van der Waals surface area contributed by atoms with Crippen molar-refractivity contribution in [2.24, 2.45) is 0 Å². The molecular formula is C19H21NO. The molecule has 0 atom stereocenters. The van der Waals surface area contributed by atoms with Crippen molar-refractivity contribution in [1.29, 1.82) is 0 Å². The molecular weight excluding hydrogens is 258 g/mol. The molecule has 3 rings (SSSR count). The van der Waals surface area contributed by atoms with Gasteiger partial charge in [0.25, 0.3) is 0 Å². The van der Waals surface area contributed by atoms with Crippen LogP contribution in [0, 0.1) is 6.92 Å². The number of hydrogen-bond donors (Lipinski definition) is 1. The third-order valence-corrected chi connectivity index (χ3v) is 4.61. The highest BCUT2D eigenvalue weighted by atomic mass is 16.1. The van der Waals surface area contributed by atoms with Crippen LogP contribution < -0.4 is 5.32 Å². The van der Waals surface area contributed by atoms with E-state index in [9.17, 15) is 4.79 Å². The molecule has 2 heteroatoms. The first-order chi connectivity index (χ1) is 10.2. The minimum absolute atomic E-state index is 0.272. The first kappa shape index (κ1) is 14.0. The zero-order valence-corrected chi connectivity index (χ0v) is 12.4. The van der Waals surface area contributed by atoms with E-state index >= 15 is 0 Å². The topological polar surface area (TPSA) is 29.1 Å². The molecule has 0 aromatic heterocycles. The number of benzene rings is 2. The molecule has 2 aromatic carbocycles. The first-order valence-corrected chi connectivity index (χ1v) is 7.61. The molecule has 108 valence electrons. The van der Waals surface area contributed by atoms with Gasteiger partial charge in [-0.2, -0.15) is 0 Å². The molecule has 0 bridgehead atoms. The molecule has 1 aliphatic heterocycles. The summed E-state index contributed by atoms with van der Waals surface area (Å²) in [5, 5.41) is 3.38. The molecule has 1 fully saturated rings. The van der Waals surface area contributed by atoms with E-state index in [0.29, 0.717) is 0 Å². The number of hydrogen-bond acceptors (Lipinski definition) is 2. The zero-order valence-electron chi connectivity index (χ0n) is 12.4. The van der Waals surface area contributed by atoms with E-state index in [4.69, 9.17) is 0 Å². The van der Waals surface area contributed by atoms with Gasteiger partial charge < -0.3 is 5.32 Å². The maximum atomic E-state index is 13.3. The minimum Gasteiger partial charge on any atom is -0.317 e. The summed E-state index contributed by atoms with van der Waals surface area (Å²) in [7, 11) is 0. The van der Waals surface area contributed by atoms with Crippen LogP contribution in [0.4, 0.5) is 0 Å². The number of ketones is 1.